The summed E-state index contributed by atoms with van der Waals surface area (Å²) in [6.07, 6.45) is 0.415. The van der Waals surface area contributed by atoms with Crippen molar-refractivity contribution < 1.29 is 13.5 Å². The largest absolute Gasteiger partial charge is 0.395 e. The number of benzene rings is 1. The Balaban J connectivity index is 2.96. The van der Waals surface area contributed by atoms with Crippen molar-refractivity contribution in [3.8, 4) is 11.8 Å². The Morgan fingerprint density at radius 2 is 1.86 bits per heavy atom. The van der Waals surface area contributed by atoms with Gasteiger partial charge < -0.3 is 5.11 Å². The van der Waals surface area contributed by atoms with Crippen molar-refractivity contribution in [2.75, 3.05) is 19.7 Å². The van der Waals surface area contributed by atoms with Gasteiger partial charge in [0.15, 0.2) is 0 Å². The molecule has 0 unspecified atom stereocenters. The van der Waals surface area contributed by atoms with Crippen LogP contribution < -0.4 is 0 Å². The summed E-state index contributed by atoms with van der Waals surface area (Å²) in [4.78, 5) is 0.290. The van der Waals surface area contributed by atoms with Gasteiger partial charge in [-0.15, -0.1) is 0 Å². The van der Waals surface area contributed by atoms with E-state index in [1.165, 1.54) is 4.31 Å². The molecule has 0 bridgehead atoms. The zero-order chi connectivity index (χ0) is 15.9. The highest BCUT2D eigenvalue weighted by molar-refractivity contribution is 7.89. The maximum absolute atomic E-state index is 12.5. The maximum Gasteiger partial charge on any atom is 0.243 e. The minimum Gasteiger partial charge on any atom is -0.395 e. The van der Waals surface area contributed by atoms with E-state index < -0.39 is 10.0 Å². The molecule has 0 aromatic heterocycles. The SMILES string of the molecule is CCN(CC(C)C)S(=O)(=O)c1ccc(C#CCCO)cc1. The molecule has 0 aliphatic heterocycles. The quantitative estimate of drug-likeness (QED) is 0.819. The number of nitrogens with zero attached hydrogens (tertiary/aromatic N) is 1. The standard InChI is InChI=1S/C16H23NO3S/c1-4-17(13-14(2)3)21(19,20)16-10-8-15(9-11-16)7-5-6-12-18/h8-11,14,18H,4,6,12-13H2,1-3H3. The minimum atomic E-state index is -3.44. The molecule has 1 rings (SSSR count). The second kappa shape index (κ2) is 8.18. The smallest absolute Gasteiger partial charge is 0.243 e. The van der Waals surface area contributed by atoms with Crippen LogP contribution in [-0.2, 0) is 10.0 Å². The molecule has 0 saturated heterocycles. The van der Waals surface area contributed by atoms with Crippen LogP contribution in [0.15, 0.2) is 29.2 Å². The lowest BCUT2D eigenvalue weighted by molar-refractivity contribution is 0.305. The van der Waals surface area contributed by atoms with E-state index in [9.17, 15) is 8.42 Å². The second-order valence-electron chi connectivity index (χ2n) is 5.15. The fraction of sp³-hybridized carbons (Fsp3) is 0.500. The predicted molar refractivity (Wildman–Crippen MR) is 84.3 cm³/mol. The van der Waals surface area contributed by atoms with Crippen molar-refractivity contribution in [3.05, 3.63) is 29.8 Å². The summed E-state index contributed by atoms with van der Waals surface area (Å²) >= 11 is 0. The first-order valence-corrected chi connectivity index (χ1v) is 8.55. The van der Waals surface area contributed by atoms with Crippen molar-refractivity contribution >= 4 is 10.0 Å². The topological polar surface area (TPSA) is 57.6 Å². The van der Waals surface area contributed by atoms with E-state index in [1.54, 1.807) is 24.3 Å². The highest BCUT2D eigenvalue weighted by atomic mass is 32.2. The van der Waals surface area contributed by atoms with Gasteiger partial charge in [-0.25, -0.2) is 8.42 Å². The molecule has 1 N–H and O–H groups in total. The molecule has 0 fully saturated rings. The van der Waals surface area contributed by atoms with Crippen molar-refractivity contribution in [2.45, 2.75) is 32.1 Å². The average molecular weight is 309 g/mol. The lowest BCUT2D eigenvalue weighted by Crippen LogP contribution is -2.34. The van der Waals surface area contributed by atoms with Crippen LogP contribution in [0.5, 0.6) is 0 Å². The predicted octanol–water partition coefficient (Wildman–Crippen LogP) is 2.09. The first-order valence-electron chi connectivity index (χ1n) is 7.11. The Bertz CT molecular complexity index is 595. The molecule has 1 aromatic carbocycles. The first-order chi connectivity index (χ1) is 9.91. The van der Waals surface area contributed by atoms with Crippen LogP contribution in [0.4, 0.5) is 0 Å². The molecule has 0 spiro atoms. The van der Waals surface area contributed by atoms with Crippen LogP contribution in [0.1, 0.15) is 32.8 Å². The average Bonchev–Trinajstić information content (AvgIpc) is 2.45. The highest BCUT2D eigenvalue weighted by Gasteiger charge is 2.23. The molecule has 116 valence electrons. The van der Waals surface area contributed by atoms with E-state index in [4.69, 9.17) is 5.11 Å². The zero-order valence-electron chi connectivity index (χ0n) is 12.8. The van der Waals surface area contributed by atoms with E-state index in [2.05, 4.69) is 11.8 Å². The second-order valence-corrected chi connectivity index (χ2v) is 7.09. The monoisotopic (exact) mass is 309 g/mol. The molecule has 0 radical (unpaired) electrons. The van der Waals surface area contributed by atoms with E-state index >= 15 is 0 Å². The van der Waals surface area contributed by atoms with E-state index in [0.29, 0.717) is 19.5 Å². The summed E-state index contributed by atoms with van der Waals surface area (Å²) in [6, 6.07) is 6.56. The Hall–Kier alpha value is -1.35. The summed E-state index contributed by atoms with van der Waals surface area (Å²) in [5.74, 6) is 5.97. The first kappa shape index (κ1) is 17.7. The molecule has 0 atom stereocenters. The third-order valence-electron chi connectivity index (χ3n) is 2.88. The summed E-state index contributed by atoms with van der Waals surface area (Å²) in [7, 11) is -3.44. The Morgan fingerprint density at radius 1 is 1.24 bits per heavy atom. The zero-order valence-corrected chi connectivity index (χ0v) is 13.7. The van der Waals surface area contributed by atoms with Gasteiger partial charge in [0.2, 0.25) is 10.0 Å². The van der Waals surface area contributed by atoms with Gasteiger partial charge in [0.05, 0.1) is 11.5 Å². The van der Waals surface area contributed by atoms with Gasteiger partial charge in [-0.2, -0.15) is 4.31 Å². The summed E-state index contributed by atoms with van der Waals surface area (Å²) in [6.45, 7) is 6.83. The third kappa shape index (κ3) is 5.16. The van der Waals surface area contributed by atoms with Crippen LogP contribution in [0, 0.1) is 17.8 Å². The fourth-order valence-electron chi connectivity index (χ4n) is 1.88. The summed E-state index contributed by atoms with van der Waals surface area (Å²) < 4.78 is 26.5. The number of hydrogen-bond donors (Lipinski definition) is 1. The molecule has 21 heavy (non-hydrogen) atoms. The fourth-order valence-corrected chi connectivity index (χ4v) is 3.50. The van der Waals surface area contributed by atoms with Crippen molar-refractivity contribution in [3.63, 3.8) is 0 Å². The Labute approximate surface area is 127 Å². The number of aliphatic hydroxyl groups excluding tert-OH is 1. The van der Waals surface area contributed by atoms with E-state index in [0.717, 1.165) is 5.56 Å². The van der Waals surface area contributed by atoms with Gasteiger partial charge in [0.1, 0.15) is 0 Å². The molecule has 5 heteroatoms. The molecule has 1 aromatic rings. The Kier molecular flexibility index (Phi) is 6.90. The highest BCUT2D eigenvalue weighted by Crippen LogP contribution is 2.17. The number of hydrogen-bond acceptors (Lipinski definition) is 3. The van der Waals surface area contributed by atoms with Crippen LogP contribution >= 0.6 is 0 Å². The number of sulfonamides is 1. The maximum atomic E-state index is 12.5. The lowest BCUT2D eigenvalue weighted by atomic mass is 10.2. The van der Waals surface area contributed by atoms with Crippen molar-refractivity contribution in [2.24, 2.45) is 5.92 Å². The Morgan fingerprint density at radius 3 is 2.33 bits per heavy atom. The lowest BCUT2D eigenvalue weighted by Gasteiger charge is -2.22. The van der Waals surface area contributed by atoms with Crippen molar-refractivity contribution in [1.82, 2.24) is 4.31 Å². The van der Waals surface area contributed by atoms with Crippen LogP contribution in [-0.4, -0.2) is 37.5 Å². The molecule has 0 amide bonds. The molecular weight excluding hydrogens is 286 g/mol. The van der Waals surface area contributed by atoms with Gasteiger partial charge in [0.25, 0.3) is 0 Å². The summed E-state index contributed by atoms with van der Waals surface area (Å²) in [5.41, 5.74) is 0.745. The van der Waals surface area contributed by atoms with Gasteiger partial charge in [-0.1, -0.05) is 32.6 Å². The van der Waals surface area contributed by atoms with Crippen LogP contribution in [0.25, 0.3) is 0 Å². The molecule has 4 nitrogen and oxygen atoms in total. The molecule has 0 aliphatic carbocycles. The molecular formula is C16H23NO3S. The normalized spacial score (nSPS) is 11.5. The molecule has 0 saturated carbocycles. The number of rotatable bonds is 6. The van der Waals surface area contributed by atoms with Crippen molar-refractivity contribution in [1.29, 1.82) is 0 Å². The molecule has 0 aliphatic rings. The van der Waals surface area contributed by atoms with Gasteiger partial charge in [-0.3, -0.25) is 0 Å². The minimum absolute atomic E-state index is 0.0279. The van der Waals surface area contributed by atoms with Gasteiger partial charge in [0, 0.05) is 25.1 Å². The molecule has 0 heterocycles. The van der Waals surface area contributed by atoms with Gasteiger partial charge >= 0.3 is 0 Å². The van der Waals surface area contributed by atoms with E-state index in [-0.39, 0.29) is 17.4 Å². The third-order valence-corrected chi connectivity index (χ3v) is 4.84. The summed E-state index contributed by atoms with van der Waals surface area (Å²) in [5, 5.41) is 8.67. The van der Waals surface area contributed by atoms with Gasteiger partial charge in [-0.05, 0) is 30.2 Å². The number of aliphatic hydroxyl groups is 1. The van der Waals surface area contributed by atoms with E-state index in [1.807, 2.05) is 20.8 Å². The van der Waals surface area contributed by atoms with Crippen LogP contribution in [0.3, 0.4) is 0 Å². The van der Waals surface area contributed by atoms with Crippen LogP contribution in [0.2, 0.25) is 0 Å².